The number of rotatable bonds is 7. The Balaban J connectivity index is 1.38. The van der Waals surface area contributed by atoms with E-state index in [-0.39, 0.29) is 42.3 Å². The van der Waals surface area contributed by atoms with E-state index in [1.807, 2.05) is 0 Å². The van der Waals surface area contributed by atoms with Gasteiger partial charge in [0.2, 0.25) is 0 Å². The molecule has 0 unspecified atom stereocenters. The van der Waals surface area contributed by atoms with Crippen LogP contribution in [0.1, 0.15) is 39.1 Å². The van der Waals surface area contributed by atoms with E-state index >= 15 is 0 Å². The summed E-state index contributed by atoms with van der Waals surface area (Å²) in [5.74, 6) is -1.25. The molecule has 1 fully saturated rings. The minimum Gasteiger partial charge on any atom is -0.338 e. The van der Waals surface area contributed by atoms with Crippen molar-refractivity contribution in [2.45, 2.75) is 37.4 Å². The van der Waals surface area contributed by atoms with Gasteiger partial charge in [-0.1, -0.05) is 19.4 Å². The first-order valence-corrected chi connectivity index (χ1v) is 13.0. The summed E-state index contributed by atoms with van der Waals surface area (Å²) in [6.45, 7) is 2.51. The number of ketones is 1. The SMILES string of the molecule is Cc1cc2nn(CC3CN(C(=O)c4ccc(S(F)(F)(F)(F)F)cc4)C3)cc2cc1C(=O)CCC(F)(F)F. The zero-order valence-corrected chi connectivity index (χ0v) is 20.1. The second-order valence-electron chi connectivity index (χ2n) is 9.18. The number of aromatic nitrogens is 2. The van der Waals surface area contributed by atoms with Crippen LogP contribution in [-0.2, 0) is 6.54 Å². The monoisotopic (exact) mass is 555 g/mol. The summed E-state index contributed by atoms with van der Waals surface area (Å²) in [6.07, 6.45) is -4.66. The summed E-state index contributed by atoms with van der Waals surface area (Å²) in [5.41, 5.74) is 1.09. The lowest BCUT2D eigenvalue weighted by Crippen LogP contribution is -2.51. The summed E-state index contributed by atoms with van der Waals surface area (Å²) in [6, 6.07) is 4.95. The highest BCUT2D eigenvalue weighted by molar-refractivity contribution is 8.45. The van der Waals surface area contributed by atoms with Crippen LogP contribution in [0.25, 0.3) is 10.9 Å². The van der Waals surface area contributed by atoms with Gasteiger partial charge in [0.15, 0.2) is 5.78 Å². The van der Waals surface area contributed by atoms with Gasteiger partial charge in [0.05, 0.1) is 11.9 Å². The first-order chi connectivity index (χ1) is 16.8. The topological polar surface area (TPSA) is 55.2 Å². The van der Waals surface area contributed by atoms with Crippen LogP contribution < -0.4 is 0 Å². The standard InChI is InChI=1S/C23H21F8N3O2S/c1-14-8-20-17(9-19(14)21(35)6-7-23(24,25)26)13-34(32-20)12-15-10-33(11-15)22(36)16-2-4-18(5-3-16)37(27,28,29,30)31/h2-5,8-9,13,15H,6-7,10-12H2,1H3. The molecule has 3 aromatic rings. The van der Waals surface area contributed by atoms with E-state index in [0.29, 0.717) is 23.0 Å². The van der Waals surface area contributed by atoms with Crippen LogP contribution in [0, 0.1) is 12.8 Å². The predicted octanol–water partition coefficient (Wildman–Crippen LogP) is 7.30. The first kappa shape index (κ1) is 26.9. The highest BCUT2D eigenvalue weighted by Gasteiger charge is 2.65. The largest absolute Gasteiger partial charge is 0.389 e. The Morgan fingerprint density at radius 1 is 1.03 bits per heavy atom. The van der Waals surface area contributed by atoms with E-state index < -0.39 is 45.8 Å². The number of Topliss-reactive ketones (excluding diaryl/α,β-unsaturated/α-hetero) is 1. The number of fused-ring (bicyclic) bond motifs is 1. The maximum atomic E-state index is 12.9. The first-order valence-electron chi connectivity index (χ1n) is 11.0. The highest BCUT2D eigenvalue weighted by atomic mass is 32.5. The second-order valence-corrected chi connectivity index (χ2v) is 11.6. The average molecular weight is 555 g/mol. The number of aryl methyl sites for hydroxylation is 1. The van der Waals surface area contributed by atoms with E-state index in [0.717, 1.165) is 12.1 Å². The Labute approximate surface area is 205 Å². The van der Waals surface area contributed by atoms with Gasteiger partial charge in [0, 0.05) is 54.7 Å². The van der Waals surface area contributed by atoms with Crippen LogP contribution in [0.5, 0.6) is 0 Å². The van der Waals surface area contributed by atoms with E-state index in [9.17, 15) is 42.2 Å². The number of carbonyl (C=O) groups is 2. The van der Waals surface area contributed by atoms with Gasteiger partial charge in [-0.15, -0.1) is 0 Å². The minimum absolute atomic E-state index is 0.0452. The van der Waals surface area contributed by atoms with Gasteiger partial charge in [-0.25, -0.2) is 0 Å². The van der Waals surface area contributed by atoms with Crippen molar-refractivity contribution in [2.75, 3.05) is 13.1 Å². The van der Waals surface area contributed by atoms with E-state index in [4.69, 9.17) is 0 Å². The number of likely N-dealkylation sites (tertiary alicyclic amines) is 1. The number of carbonyl (C=O) groups excluding carboxylic acids is 2. The molecule has 4 rings (SSSR count). The Kier molecular flexibility index (Phi) is 5.94. The van der Waals surface area contributed by atoms with Crippen LogP contribution in [0.3, 0.4) is 0 Å². The normalized spacial score (nSPS) is 16.8. The molecule has 1 aromatic heterocycles. The van der Waals surface area contributed by atoms with Crippen LogP contribution in [0.2, 0.25) is 0 Å². The number of halogens is 8. The van der Waals surface area contributed by atoms with Crippen molar-refractivity contribution in [1.29, 1.82) is 0 Å². The number of alkyl halides is 3. The molecule has 2 heterocycles. The zero-order chi connectivity index (χ0) is 27.5. The molecule has 0 spiro atoms. The molecule has 14 heteroatoms. The molecule has 0 saturated carbocycles. The lowest BCUT2D eigenvalue weighted by molar-refractivity contribution is -0.133. The Hall–Kier alpha value is -3.16. The van der Waals surface area contributed by atoms with E-state index in [2.05, 4.69) is 5.10 Å². The van der Waals surface area contributed by atoms with Crippen molar-refractivity contribution < 1.29 is 42.2 Å². The van der Waals surface area contributed by atoms with Crippen molar-refractivity contribution in [3.63, 3.8) is 0 Å². The Bertz CT molecular complexity index is 1380. The molecule has 0 radical (unpaired) electrons. The maximum Gasteiger partial charge on any atom is 0.389 e. The molecule has 1 saturated heterocycles. The lowest BCUT2D eigenvalue weighted by Gasteiger charge is -2.41. The molecule has 1 amide bonds. The number of hydrogen-bond donors (Lipinski definition) is 0. The molecule has 1 aliphatic rings. The third-order valence-electron chi connectivity index (χ3n) is 6.07. The van der Waals surface area contributed by atoms with Gasteiger partial charge in [-0.05, 0) is 48.9 Å². The summed E-state index contributed by atoms with van der Waals surface area (Å²) < 4.78 is 103. The molecule has 2 aromatic carbocycles. The van der Waals surface area contributed by atoms with Gasteiger partial charge >= 0.3 is 16.4 Å². The molecular weight excluding hydrogens is 534 g/mol. The molecule has 0 aliphatic carbocycles. The third-order valence-corrected chi connectivity index (χ3v) is 7.23. The fourth-order valence-electron chi connectivity index (χ4n) is 4.16. The molecule has 5 nitrogen and oxygen atoms in total. The van der Waals surface area contributed by atoms with E-state index in [1.165, 1.54) is 11.0 Å². The number of hydrogen-bond acceptors (Lipinski definition) is 3. The number of amides is 1. The highest BCUT2D eigenvalue weighted by Crippen LogP contribution is 3.02. The van der Waals surface area contributed by atoms with Crippen molar-refractivity contribution in [3.05, 3.63) is 59.3 Å². The summed E-state index contributed by atoms with van der Waals surface area (Å²) in [4.78, 5) is 24.0. The van der Waals surface area contributed by atoms with Crippen LogP contribution in [0.4, 0.5) is 32.6 Å². The fourth-order valence-corrected chi connectivity index (χ4v) is 4.81. The van der Waals surface area contributed by atoms with Gasteiger partial charge in [-0.3, -0.25) is 14.3 Å². The summed E-state index contributed by atoms with van der Waals surface area (Å²) in [5, 5.41) is 4.97. The molecular formula is C23H21F8N3O2S. The van der Waals surface area contributed by atoms with Gasteiger partial charge < -0.3 is 4.90 Å². The average Bonchev–Trinajstić information content (AvgIpc) is 3.12. The molecule has 0 atom stereocenters. The Morgan fingerprint density at radius 2 is 1.65 bits per heavy atom. The van der Waals surface area contributed by atoms with Gasteiger partial charge in [0.25, 0.3) is 5.91 Å². The molecule has 1 aliphatic heterocycles. The lowest BCUT2D eigenvalue weighted by atomic mass is 9.98. The maximum absolute atomic E-state index is 12.9. The second kappa shape index (κ2) is 8.17. The molecule has 202 valence electrons. The van der Waals surface area contributed by atoms with Crippen LogP contribution in [-0.4, -0.2) is 45.6 Å². The quantitative estimate of drug-likeness (QED) is 0.227. The molecule has 37 heavy (non-hydrogen) atoms. The predicted molar refractivity (Wildman–Crippen MR) is 121 cm³/mol. The van der Waals surface area contributed by atoms with Crippen LogP contribution in [0.15, 0.2) is 47.5 Å². The fraction of sp³-hybridized carbons (Fsp3) is 0.348. The number of nitrogens with zero attached hydrogens (tertiary/aromatic N) is 3. The van der Waals surface area contributed by atoms with E-state index in [1.54, 1.807) is 23.9 Å². The van der Waals surface area contributed by atoms with Crippen molar-refractivity contribution in [1.82, 2.24) is 14.7 Å². The smallest absolute Gasteiger partial charge is 0.338 e. The van der Waals surface area contributed by atoms with Gasteiger partial charge in [-0.2, -0.15) is 18.3 Å². The molecule has 0 bridgehead atoms. The Morgan fingerprint density at radius 3 is 2.22 bits per heavy atom. The summed E-state index contributed by atoms with van der Waals surface area (Å²) in [7, 11) is -9.82. The van der Waals surface area contributed by atoms with Crippen molar-refractivity contribution in [2.24, 2.45) is 5.92 Å². The third kappa shape index (κ3) is 6.22. The van der Waals surface area contributed by atoms with Crippen molar-refractivity contribution >= 4 is 32.8 Å². The van der Waals surface area contributed by atoms with Crippen LogP contribution >= 0.6 is 10.2 Å². The van der Waals surface area contributed by atoms with Gasteiger partial charge in [0.1, 0.15) is 4.90 Å². The zero-order valence-electron chi connectivity index (χ0n) is 19.2. The summed E-state index contributed by atoms with van der Waals surface area (Å²) >= 11 is 0. The minimum atomic E-state index is -9.82. The molecule has 0 N–H and O–H groups in total. The van der Waals surface area contributed by atoms with Crippen molar-refractivity contribution in [3.8, 4) is 0 Å². The number of benzene rings is 2.